The summed E-state index contributed by atoms with van der Waals surface area (Å²) in [5.74, 6) is 1.68. The van der Waals surface area contributed by atoms with Crippen LogP contribution in [0.25, 0.3) is 0 Å². The number of hydrogen-bond donors (Lipinski definition) is 1. The van der Waals surface area contributed by atoms with Crippen LogP contribution in [0.1, 0.15) is 12.5 Å². The Morgan fingerprint density at radius 2 is 1.70 bits per heavy atom. The van der Waals surface area contributed by atoms with Crippen LogP contribution in [0.2, 0.25) is 0 Å². The maximum atomic E-state index is 5.71. The summed E-state index contributed by atoms with van der Waals surface area (Å²) in [5.41, 5.74) is 2.39. The third-order valence-electron chi connectivity index (χ3n) is 2.95. The Hall–Kier alpha value is -2.16. The van der Waals surface area contributed by atoms with E-state index in [0.29, 0.717) is 13.2 Å². The first kappa shape index (κ1) is 14.3. The highest BCUT2D eigenvalue weighted by Crippen LogP contribution is 2.19. The van der Waals surface area contributed by atoms with Crippen molar-refractivity contribution in [2.24, 2.45) is 0 Å². The zero-order valence-electron chi connectivity index (χ0n) is 12.1. The number of ether oxygens (including phenoxy) is 2. The largest absolute Gasteiger partial charge is 0.494 e. The number of para-hydroxylation sites is 1. The monoisotopic (exact) mass is 271 g/mol. The number of hydrogen-bond acceptors (Lipinski definition) is 3. The molecule has 2 rings (SSSR count). The summed E-state index contributed by atoms with van der Waals surface area (Å²) in [6.07, 6.45) is 0. The summed E-state index contributed by atoms with van der Waals surface area (Å²) in [6.45, 7) is 6.11. The lowest BCUT2D eigenvalue weighted by Crippen LogP contribution is -2.12. The van der Waals surface area contributed by atoms with Crippen LogP contribution in [0.5, 0.6) is 11.5 Å². The maximum absolute atomic E-state index is 5.71. The number of benzene rings is 2. The molecule has 2 aromatic carbocycles. The van der Waals surface area contributed by atoms with E-state index in [2.05, 4.69) is 24.4 Å². The molecule has 1 N–H and O–H groups in total. The summed E-state index contributed by atoms with van der Waals surface area (Å²) in [7, 11) is 0. The predicted molar refractivity (Wildman–Crippen MR) is 82.8 cm³/mol. The van der Waals surface area contributed by atoms with E-state index in [1.54, 1.807) is 0 Å². The Morgan fingerprint density at radius 3 is 2.45 bits per heavy atom. The van der Waals surface area contributed by atoms with E-state index in [1.807, 2.05) is 43.3 Å². The first-order chi connectivity index (χ1) is 9.79. The van der Waals surface area contributed by atoms with E-state index in [0.717, 1.165) is 23.7 Å². The molecular formula is C17H21NO2. The van der Waals surface area contributed by atoms with Crippen LogP contribution < -0.4 is 14.8 Å². The minimum atomic E-state index is 0.615. The van der Waals surface area contributed by atoms with Crippen LogP contribution >= 0.6 is 0 Å². The molecule has 20 heavy (non-hydrogen) atoms. The maximum Gasteiger partial charge on any atom is 0.123 e. The van der Waals surface area contributed by atoms with Crippen molar-refractivity contribution in [3.05, 3.63) is 54.1 Å². The molecule has 3 heteroatoms. The minimum Gasteiger partial charge on any atom is -0.494 e. The van der Waals surface area contributed by atoms with Crippen LogP contribution in [0.4, 0.5) is 5.69 Å². The average molecular weight is 271 g/mol. The van der Waals surface area contributed by atoms with Crippen molar-refractivity contribution >= 4 is 5.69 Å². The average Bonchev–Trinajstić information content (AvgIpc) is 2.46. The van der Waals surface area contributed by atoms with Crippen LogP contribution in [-0.2, 0) is 0 Å². The van der Waals surface area contributed by atoms with Crippen molar-refractivity contribution in [2.75, 3.05) is 25.1 Å². The number of nitrogens with one attached hydrogen (secondary N) is 1. The van der Waals surface area contributed by atoms with Crippen molar-refractivity contribution < 1.29 is 9.47 Å². The van der Waals surface area contributed by atoms with E-state index in [9.17, 15) is 0 Å². The molecule has 0 aliphatic heterocycles. The summed E-state index contributed by atoms with van der Waals surface area (Å²) >= 11 is 0. The Bertz CT molecular complexity index is 540. The number of aryl methyl sites for hydroxylation is 1. The SMILES string of the molecule is CCOc1cccc(OCCNc2ccccc2C)c1. The van der Waals surface area contributed by atoms with Gasteiger partial charge in [0.25, 0.3) is 0 Å². The molecule has 2 aromatic rings. The number of anilines is 1. The predicted octanol–water partition coefficient (Wildman–Crippen LogP) is 3.88. The van der Waals surface area contributed by atoms with Gasteiger partial charge >= 0.3 is 0 Å². The van der Waals surface area contributed by atoms with Gasteiger partial charge in [0, 0.05) is 18.3 Å². The Kier molecular flexibility index (Phi) is 5.30. The molecule has 0 aliphatic rings. The molecule has 106 valence electrons. The van der Waals surface area contributed by atoms with Gasteiger partial charge in [-0.3, -0.25) is 0 Å². The molecule has 0 aromatic heterocycles. The highest BCUT2D eigenvalue weighted by Gasteiger charge is 1.98. The van der Waals surface area contributed by atoms with Crippen LogP contribution in [0.15, 0.2) is 48.5 Å². The summed E-state index contributed by atoms with van der Waals surface area (Å²) in [6, 6.07) is 16.0. The van der Waals surface area contributed by atoms with Crippen LogP contribution in [0.3, 0.4) is 0 Å². The van der Waals surface area contributed by atoms with Crippen molar-refractivity contribution in [2.45, 2.75) is 13.8 Å². The molecule has 0 unspecified atom stereocenters. The summed E-state index contributed by atoms with van der Waals surface area (Å²) in [4.78, 5) is 0. The van der Waals surface area contributed by atoms with Gasteiger partial charge in [-0.15, -0.1) is 0 Å². The van der Waals surface area contributed by atoms with E-state index in [-0.39, 0.29) is 0 Å². The first-order valence-electron chi connectivity index (χ1n) is 6.94. The fourth-order valence-electron chi connectivity index (χ4n) is 1.95. The molecule has 0 amide bonds. The molecule has 0 atom stereocenters. The van der Waals surface area contributed by atoms with Crippen LogP contribution in [0, 0.1) is 6.92 Å². The van der Waals surface area contributed by atoms with E-state index < -0.39 is 0 Å². The molecule has 0 radical (unpaired) electrons. The molecule has 3 nitrogen and oxygen atoms in total. The van der Waals surface area contributed by atoms with Gasteiger partial charge in [-0.05, 0) is 37.6 Å². The first-order valence-corrected chi connectivity index (χ1v) is 6.94. The second-order valence-corrected chi connectivity index (χ2v) is 4.50. The van der Waals surface area contributed by atoms with Gasteiger partial charge in [0.15, 0.2) is 0 Å². The lowest BCUT2D eigenvalue weighted by molar-refractivity contribution is 0.319. The second kappa shape index (κ2) is 7.43. The van der Waals surface area contributed by atoms with Gasteiger partial charge in [0.2, 0.25) is 0 Å². The topological polar surface area (TPSA) is 30.5 Å². The lowest BCUT2D eigenvalue weighted by Gasteiger charge is -2.11. The van der Waals surface area contributed by atoms with E-state index in [4.69, 9.17) is 9.47 Å². The molecule has 0 fully saturated rings. The molecule has 0 saturated carbocycles. The Labute approximate surface area is 120 Å². The number of rotatable bonds is 7. The quantitative estimate of drug-likeness (QED) is 0.775. The zero-order chi connectivity index (χ0) is 14.2. The summed E-state index contributed by atoms with van der Waals surface area (Å²) < 4.78 is 11.2. The van der Waals surface area contributed by atoms with Crippen LogP contribution in [-0.4, -0.2) is 19.8 Å². The van der Waals surface area contributed by atoms with Gasteiger partial charge in [0.05, 0.1) is 6.61 Å². The van der Waals surface area contributed by atoms with Crippen molar-refractivity contribution in [1.29, 1.82) is 0 Å². The van der Waals surface area contributed by atoms with Gasteiger partial charge < -0.3 is 14.8 Å². The third-order valence-corrected chi connectivity index (χ3v) is 2.95. The fraction of sp³-hybridized carbons (Fsp3) is 0.294. The third kappa shape index (κ3) is 4.19. The molecule has 0 heterocycles. The lowest BCUT2D eigenvalue weighted by atomic mass is 10.2. The molecular weight excluding hydrogens is 250 g/mol. The van der Waals surface area contributed by atoms with E-state index in [1.165, 1.54) is 5.56 Å². The minimum absolute atomic E-state index is 0.615. The fourth-order valence-corrected chi connectivity index (χ4v) is 1.95. The molecule has 0 bridgehead atoms. The molecule has 0 spiro atoms. The van der Waals surface area contributed by atoms with Crippen molar-refractivity contribution in [3.63, 3.8) is 0 Å². The molecule has 0 saturated heterocycles. The smallest absolute Gasteiger partial charge is 0.123 e. The van der Waals surface area contributed by atoms with Crippen molar-refractivity contribution in [1.82, 2.24) is 0 Å². The van der Waals surface area contributed by atoms with Crippen molar-refractivity contribution in [3.8, 4) is 11.5 Å². The van der Waals surface area contributed by atoms with Gasteiger partial charge in [-0.25, -0.2) is 0 Å². The van der Waals surface area contributed by atoms with Gasteiger partial charge in [-0.2, -0.15) is 0 Å². The summed E-state index contributed by atoms with van der Waals surface area (Å²) in [5, 5.41) is 3.37. The van der Waals surface area contributed by atoms with E-state index >= 15 is 0 Å². The normalized spacial score (nSPS) is 10.1. The highest BCUT2D eigenvalue weighted by molar-refractivity contribution is 5.50. The second-order valence-electron chi connectivity index (χ2n) is 4.50. The Morgan fingerprint density at radius 1 is 0.950 bits per heavy atom. The van der Waals surface area contributed by atoms with Gasteiger partial charge in [-0.1, -0.05) is 24.3 Å². The van der Waals surface area contributed by atoms with Gasteiger partial charge in [0.1, 0.15) is 18.1 Å². The molecule has 0 aliphatic carbocycles. The highest BCUT2D eigenvalue weighted by atomic mass is 16.5. The zero-order valence-corrected chi connectivity index (χ0v) is 12.1. The Balaban J connectivity index is 1.78. The standard InChI is InChI=1S/C17H21NO2/c1-3-19-15-8-6-9-16(13-15)20-12-11-18-17-10-5-4-7-14(17)2/h4-10,13,18H,3,11-12H2,1-2H3.